The zero-order valence-corrected chi connectivity index (χ0v) is 20.3. The molecule has 0 spiro atoms. The number of nitrogens with one attached hydrogen (secondary N) is 1. The van der Waals surface area contributed by atoms with Gasteiger partial charge in [0.1, 0.15) is 0 Å². The number of hydrogen-bond donors (Lipinski definition) is 1. The molecule has 1 heterocycles. The molecule has 1 saturated heterocycles. The second-order valence-electron chi connectivity index (χ2n) is 9.19. The molecule has 2 aromatic rings. The van der Waals surface area contributed by atoms with Gasteiger partial charge in [0.2, 0.25) is 0 Å². The van der Waals surface area contributed by atoms with Crippen LogP contribution in [0.15, 0.2) is 54.6 Å². The quantitative estimate of drug-likeness (QED) is 0.571. The monoisotopic (exact) mass is 436 g/mol. The standard InChI is InChI=1S/C27H40N4O/c1-5-30(22(2)3)20-23-12-14-25(15-13-23)27(32)28-16-9-17-31-19-18-29(4)21-26(31)24-10-7-6-8-11-24/h6-8,10-15,22,26H,5,9,16-21H2,1-4H3,(H,28,32). The molecular weight excluding hydrogens is 396 g/mol. The molecule has 1 aliphatic rings. The van der Waals surface area contributed by atoms with E-state index in [1.807, 2.05) is 12.1 Å². The molecule has 3 rings (SSSR count). The highest BCUT2D eigenvalue weighted by Crippen LogP contribution is 2.24. The summed E-state index contributed by atoms with van der Waals surface area (Å²) in [5, 5.41) is 3.11. The molecule has 5 nitrogen and oxygen atoms in total. The molecule has 0 aliphatic carbocycles. The average molecular weight is 437 g/mol. The number of rotatable bonds is 10. The van der Waals surface area contributed by atoms with Gasteiger partial charge >= 0.3 is 0 Å². The fourth-order valence-corrected chi connectivity index (χ4v) is 4.46. The van der Waals surface area contributed by atoms with Crippen molar-refractivity contribution in [1.29, 1.82) is 0 Å². The van der Waals surface area contributed by atoms with Gasteiger partial charge in [0, 0.05) is 56.9 Å². The molecule has 1 fully saturated rings. The zero-order chi connectivity index (χ0) is 22.9. The minimum Gasteiger partial charge on any atom is -0.352 e. The molecule has 1 amide bonds. The summed E-state index contributed by atoms with van der Waals surface area (Å²) in [5.41, 5.74) is 3.37. The predicted molar refractivity (Wildman–Crippen MR) is 133 cm³/mol. The Morgan fingerprint density at radius 2 is 1.81 bits per heavy atom. The number of piperazine rings is 1. The van der Waals surface area contributed by atoms with Gasteiger partial charge in [-0.25, -0.2) is 0 Å². The number of benzene rings is 2. The summed E-state index contributed by atoms with van der Waals surface area (Å²) in [4.78, 5) is 20.0. The van der Waals surface area contributed by atoms with E-state index in [1.54, 1.807) is 0 Å². The SMILES string of the molecule is CCN(Cc1ccc(C(=O)NCCCN2CCN(C)CC2c2ccccc2)cc1)C(C)C. The van der Waals surface area contributed by atoms with Crippen LogP contribution in [0.25, 0.3) is 0 Å². The van der Waals surface area contributed by atoms with Gasteiger partial charge in [0.15, 0.2) is 0 Å². The lowest BCUT2D eigenvalue weighted by Gasteiger charge is -2.40. The second-order valence-corrected chi connectivity index (χ2v) is 9.19. The van der Waals surface area contributed by atoms with Crippen LogP contribution >= 0.6 is 0 Å². The van der Waals surface area contributed by atoms with Crippen LogP contribution < -0.4 is 5.32 Å². The van der Waals surface area contributed by atoms with Crippen molar-refractivity contribution in [3.05, 3.63) is 71.3 Å². The lowest BCUT2D eigenvalue weighted by atomic mass is 10.0. The highest BCUT2D eigenvalue weighted by molar-refractivity contribution is 5.94. The van der Waals surface area contributed by atoms with Gasteiger partial charge in [-0.15, -0.1) is 0 Å². The van der Waals surface area contributed by atoms with Crippen LogP contribution in [-0.2, 0) is 6.54 Å². The van der Waals surface area contributed by atoms with E-state index in [-0.39, 0.29) is 5.91 Å². The van der Waals surface area contributed by atoms with E-state index < -0.39 is 0 Å². The maximum atomic E-state index is 12.6. The van der Waals surface area contributed by atoms with Crippen LogP contribution in [0.4, 0.5) is 0 Å². The van der Waals surface area contributed by atoms with E-state index in [1.165, 1.54) is 11.1 Å². The van der Waals surface area contributed by atoms with Crippen LogP contribution in [0, 0.1) is 0 Å². The number of carbonyl (C=O) groups excluding carboxylic acids is 1. The van der Waals surface area contributed by atoms with E-state index in [0.717, 1.165) is 51.3 Å². The van der Waals surface area contributed by atoms with Gasteiger partial charge in [-0.05, 0) is 57.1 Å². The first-order valence-electron chi connectivity index (χ1n) is 12.1. The molecule has 0 saturated carbocycles. The molecule has 1 aliphatic heterocycles. The van der Waals surface area contributed by atoms with Crippen LogP contribution in [0.3, 0.4) is 0 Å². The summed E-state index contributed by atoms with van der Waals surface area (Å²) in [7, 11) is 2.20. The topological polar surface area (TPSA) is 38.8 Å². The van der Waals surface area contributed by atoms with E-state index in [0.29, 0.717) is 18.6 Å². The first-order chi connectivity index (χ1) is 15.5. The van der Waals surface area contributed by atoms with Crippen LogP contribution in [-0.4, -0.2) is 73.0 Å². The van der Waals surface area contributed by atoms with E-state index in [9.17, 15) is 4.79 Å². The van der Waals surface area contributed by atoms with Crippen molar-refractivity contribution in [2.45, 2.75) is 45.8 Å². The van der Waals surface area contributed by atoms with Crippen molar-refractivity contribution in [3.8, 4) is 0 Å². The predicted octanol–water partition coefficient (Wildman–Crippen LogP) is 4.03. The molecule has 32 heavy (non-hydrogen) atoms. The Morgan fingerprint density at radius 3 is 2.47 bits per heavy atom. The average Bonchev–Trinajstić information content (AvgIpc) is 2.81. The first-order valence-corrected chi connectivity index (χ1v) is 12.1. The zero-order valence-electron chi connectivity index (χ0n) is 20.3. The number of hydrogen-bond acceptors (Lipinski definition) is 4. The fourth-order valence-electron chi connectivity index (χ4n) is 4.46. The van der Waals surface area contributed by atoms with Gasteiger partial charge < -0.3 is 10.2 Å². The second kappa shape index (κ2) is 12.1. The molecule has 0 aromatic heterocycles. The Bertz CT molecular complexity index is 821. The summed E-state index contributed by atoms with van der Waals surface area (Å²) in [5.74, 6) is 0.0192. The Kier molecular flexibility index (Phi) is 9.27. The fraction of sp³-hybridized carbons (Fsp3) is 0.519. The third kappa shape index (κ3) is 6.89. The molecule has 1 N–H and O–H groups in total. The Hall–Kier alpha value is -2.21. The number of amides is 1. The molecule has 0 bridgehead atoms. The minimum absolute atomic E-state index is 0.0192. The van der Waals surface area contributed by atoms with Crippen LogP contribution in [0.5, 0.6) is 0 Å². The van der Waals surface area contributed by atoms with E-state index >= 15 is 0 Å². The molecule has 1 unspecified atom stereocenters. The smallest absolute Gasteiger partial charge is 0.251 e. The van der Waals surface area contributed by atoms with Crippen molar-refractivity contribution in [3.63, 3.8) is 0 Å². The normalized spacial score (nSPS) is 17.8. The summed E-state index contributed by atoms with van der Waals surface area (Å²) in [6.45, 7) is 13.5. The summed E-state index contributed by atoms with van der Waals surface area (Å²) in [6, 6.07) is 19.8. The molecule has 1 atom stereocenters. The van der Waals surface area contributed by atoms with Gasteiger partial charge in [-0.3, -0.25) is 14.6 Å². The van der Waals surface area contributed by atoms with Crippen molar-refractivity contribution < 1.29 is 4.79 Å². The summed E-state index contributed by atoms with van der Waals surface area (Å²) < 4.78 is 0. The highest BCUT2D eigenvalue weighted by Gasteiger charge is 2.25. The lowest BCUT2D eigenvalue weighted by molar-refractivity contribution is 0.0866. The lowest BCUT2D eigenvalue weighted by Crippen LogP contribution is -2.47. The maximum Gasteiger partial charge on any atom is 0.251 e. The van der Waals surface area contributed by atoms with Crippen molar-refractivity contribution in [1.82, 2.24) is 20.0 Å². The van der Waals surface area contributed by atoms with E-state index in [4.69, 9.17) is 0 Å². The van der Waals surface area contributed by atoms with Crippen LogP contribution in [0.1, 0.15) is 54.7 Å². The third-order valence-corrected chi connectivity index (χ3v) is 6.52. The Balaban J connectivity index is 1.46. The van der Waals surface area contributed by atoms with Crippen molar-refractivity contribution in [2.75, 3.05) is 46.3 Å². The van der Waals surface area contributed by atoms with Crippen LogP contribution in [0.2, 0.25) is 0 Å². The summed E-state index contributed by atoms with van der Waals surface area (Å²) >= 11 is 0. The molecular formula is C27H40N4O. The molecule has 174 valence electrons. The Labute approximate surface area is 194 Å². The van der Waals surface area contributed by atoms with Gasteiger partial charge in [0.25, 0.3) is 5.91 Å². The molecule has 5 heteroatoms. The third-order valence-electron chi connectivity index (χ3n) is 6.52. The largest absolute Gasteiger partial charge is 0.352 e. The number of carbonyl (C=O) groups is 1. The highest BCUT2D eigenvalue weighted by atomic mass is 16.1. The first kappa shape index (κ1) is 24.4. The van der Waals surface area contributed by atoms with Gasteiger partial charge in [0.05, 0.1) is 0 Å². The molecule has 2 aromatic carbocycles. The molecule has 0 radical (unpaired) electrons. The maximum absolute atomic E-state index is 12.6. The number of likely N-dealkylation sites (N-methyl/N-ethyl adjacent to an activating group) is 1. The van der Waals surface area contributed by atoms with Gasteiger partial charge in [-0.2, -0.15) is 0 Å². The van der Waals surface area contributed by atoms with Crippen molar-refractivity contribution in [2.24, 2.45) is 0 Å². The van der Waals surface area contributed by atoms with Crippen molar-refractivity contribution >= 4 is 5.91 Å². The Morgan fingerprint density at radius 1 is 1.09 bits per heavy atom. The van der Waals surface area contributed by atoms with Gasteiger partial charge in [-0.1, -0.05) is 49.4 Å². The number of nitrogens with zero attached hydrogens (tertiary/aromatic N) is 3. The minimum atomic E-state index is 0.0192. The summed E-state index contributed by atoms with van der Waals surface area (Å²) in [6.07, 6.45) is 0.955. The van der Waals surface area contributed by atoms with E-state index in [2.05, 4.69) is 90.3 Å².